The molecule has 5 rings (SSSR count). The highest BCUT2D eigenvalue weighted by molar-refractivity contribution is 6.08. The maximum absolute atomic E-state index is 13.9. The lowest BCUT2D eigenvalue weighted by molar-refractivity contribution is 0.0302. The van der Waals surface area contributed by atoms with Crippen LogP contribution in [0.5, 0.6) is 0 Å². The molecule has 1 atom stereocenters. The molecule has 2 aromatic heterocycles. The minimum atomic E-state index is -0.651. The molecule has 0 spiro atoms. The van der Waals surface area contributed by atoms with Crippen LogP contribution in [0.25, 0.3) is 11.2 Å². The van der Waals surface area contributed by atoms with E-state index in [0.717, 1.165) is 29.5 Å². The lowest BCUT2D eigenvalue weighted by atomic mass is 10.0. The monoisotopic (exact) mass is 599 g/mol. The first-order chi connectivity index (χ1) is 19.7. The number of ether oxygens (including phenoxy) is 1. The van der Waals surface area contributed by atoms with Crippen molar-refractivity contribution in [3.63, 3.8) is 0 Å². The van der Waals surface area contributed by atoms with Gasteiger partial charge < -0.3 is 24.8 Å². The molecule has 1 amide bonds. The van der Waals surface area contributed by atoms with Gasteiger partial charge in [-0.1, -0.05) is 29.8 Å². The summed E-state index contributed by atoms with van der Waals surface area (Å²) in [6, 6.07) is 6.49. The molecule has 2 N–H and O–H groups in total. The summed E-state index contributed by atoms with van der Waals surface area (Å²) in [5.41, 5.74) is 6.96. The zero-order chi connectivity index (χ0) is 29.3. The highest BCUT2D eigenvalue weighted by Crippen LogP contribution is 2.23. The molecule has 1 unspecified atom stereocenters. The molecule has 4 heterocycles. The van der Waals surface area contributed by atoms with Crippen molar-refractivity contribution in [3.8, 4) is 0 Å². The molecule has 226 valence electrons. The molecule has 2 saturated heterocycles. The maximum Gasteiger partial charge on any atom is 0.332 e. The number of carbonyl (C=O) groups excluding carboxylic acids is 2. The number of morpholine rings is 1. The van der Waals surface area contributed by atoms with E-state index < -0.39 is 23.6 Å². The fourth-order valence-corrected chi connectivity index (χ4v) is 5.46. The number of ketones is 1. The number of rotatable bonds is 7. The first-order valence-electron chi connectivity index (χ1n) is 14.0. The first-order valence-corrected chi connectivity index (χ1v) is 14.0. The van der Waals surface area contributed by atoms with Gasteiger partial charge in [0.2, 0.25) is 5.95 Å². The number of piperidine rings is 1. The van der Waals surface area contributed by atoms with Crippen LogP contribution in [0.3, 0.4) is 0 Å². The van der Waals surface area contributed by atoms with Crippen LogP contribution in [-0.4, -0.2) is 80.7 Å². The highest BCUT2D eigenvalue weighted by Gasteiger charge is 2.28. The predicted octanol–water partition coefficient (Wildman–Crippen LogP) is 1.57. The van der Waals surface area contributed by atoms with Crippen molar-refractivity contribution in [2.75, 3.05) is 44.3 Å². The van der Waals surface area contributed by atoms with E-state index in [2.05, 4.69) is 4.90 Å². The van der Waals surface area contributed by atoms with E-state index in [1.54, 1.807) is 40.8 Å². The Hall–Kier alpha value is -3.74. The van der Waals surface area contributed by atoms with Gasteiger partial charge in [0, 0.05) is 51.4 Å². The van der Waals surface area contributed by atoms with Crippen LogP contribution in [0.1, 0.15) is 47.4 Å². The smallest absolute Gasteiger partial charge is 0.332 e. The van der Waals surface area contributed by atoms with Crippen molar-refractivity contribution in [2.24, 2.45) is 12.8 Å². The average molecular weight is 600 g/mol. The number of anilines is 1. The molecule has 2 aliphatic heterocycles. The van der Waals surface area contributed by atoms with Crippen molar-refractivity contribution in [1.29, 1.82) is 0 Å². The third kappa shape index (κ3) is 6.06. The number of aryl methyl sites for hydroxylation is 1. The van der Waals surface area contributed by atoms with Gasteiger partial charge in [0.25, 0.3) is 11.5 Å². The Balaban J connectivity index is 0.00000405. The second-order valence-electron chi connectivity index (χ2n) is 10.9. The van der Waals surface area contributed by atoms with E-state index in [9.17, 15) is 19.2 Å². The number of benzene rings is 1. The molecule has 13 heteroatoms. The molecule has 0 saturated carbocycles. The number of amides is 1. The number of nitrogens with zero attached hydrogens (tertiary/aromatic N) is 6. The molecule has 2 aliphatic rings. The summed E-state index contributed by atoms with van der Waals surface area (Å²) in [6.07, 6.45) is 3.79. The van der Waals surface area contributed by atoms with Gasteiger partial charge in [-0.05, 0) is 32.8 Å². The van der Waals surface area contributed by atoms with Gasteiger partial charge in [0.05, 0.1) is 25.3 Å². The minimum absolute atomic E-state index is 0. The highest BCUT2D eigenvalue weighted by atomic mass is 35.5. The molecule has 0 radical (unpaired) electrons. The second kappa shape index (κ2) is 13.1. The summed E-state index contributed by atoms with van der Waals surface area (Å²) in [7, 11) is 1.55. The van der Waals surface area contributed by atoms with Crippen LogP contribution in [0, 0.1) is 0 Å². The summed E-state index contributed by atoms with van der Waals surface area (Å²) < 4.78 is 9.39. The van der Waals surface area contributed by atoms with E-state index in [1.807, 2.05) is 19.9 Å². The van der Waals surface area contributed by atoms with Gasteiger partial charge in [-0.3, -0.25) is 23.5 Å². The van der Waals surface area contributed by atoms with E-state index in [-0.39, 0.29) is 46.6 Å². The number of aromatic nitrogens is 4. The molecule has 0 bridgehead atoms. The van der Waals surface area contributed by atoms with Crippen LogP contribution < -0.4 is 21.9 Å². The number of hydrogen-bond acceptors (Lipinski definition) is 8. The van der Waals surface area contributed by atoms with Crippen LogP contribution in [0.4, 0.5) is 5.95 Å². The molecule has 12 nitrogen and oxygen atoms in total. The number of Topliss-reactive ketones (excluding diaryl/α,β-unsaturated/α-hetero) is 1. The number of nitrogens with two attached hydrogens (primary N) is 1. The van der Waals surface area contributed by atoms with Gasteiger partial charge in [0.15, 0.2) is 16.9 Å². The zero-order valence-electron chi connectivity index (χ0n) is 24.2. The number of halogens is 1. The molecule has 42 heavy (non-hydrogen) atoms. The van der Waals surface area contributed by atoms with E-state index in [4.69, 9.17) is 15.5 Å². The van der Waals surface area contributed by atoms with Crippen molar-refractivity contribution >= 4 is 41.2 Å². The number of carbonyl (C=O) groups is 2. The number of allylic oxidation sites excluding steroid dienone is 2. The molecular weight excluding hydrogens is 562 g/mol. The van der Waals surface area contributed by atoms with Crippen LogP contribution in [0.2, 0.25) is 0 Å². The Bertz CT molecular complexity index is 1630. The van der Waals surface area contributed by atoms with Gasteiger partial charge >= 0.3 is 5.69 Å². The molecular formula is C29H38ClN7O5. The maximum atomic E-state index is 13.9. The van der Waals surface area contributed by atoms with E-state index in [1.165, 1.54) is 4.57 Å². The summed E-state index contributed by atoms with van der Waals surface area (Å²) >= 11 is 0. The van der Waals surface area contributed by atoms with Gasteiger partial charge in [-0.15, -0.1) is 12.4 Å². The predicted molar refractivity (Wildman–Crippen MR) is 163 cm³/mol. The standard InChI is InChI=1S/C29H37N7O5.ClH/c1-19(2)10-12-35-24-25(31-28(35)34-11-6-7-20(30)17-34)32(3)29(40)36(27(24)39)18-23(37)21-8-4-5-9-22(21)26(38)33-13-15-41-16-14-33;/h4-5,8-10,20H,6-7,11-18,30H2,1-3H3;1H. The van der Waals surface area contributed by atoms with E-state index in [0.29, 0.717) is 45.3 Å². The van der Waals surface area contributed by atoms with Crippen LogP contribution >= 0.6 is 12.4 Å². The molecule has 2 fully saturated rings. The van der Waals surface area contributed by atoms with Crippen molar-refractivity contribution in [3.05, 3.63) is 67.9 Å². The Morgan fingerprint density at radius 2 is 1.76 bits per heavy atom. The Kier molecular flexibility index (Phi) is 9.70. The SMILES string of the molecule is CC(C)=CCn1c(N2CCCC(N)C2)nc2c1c(=O)n(CC(=O)c1ccccc1C(=O)N1CCOCC1)c(=O)n2C.Cl. The first kappa shape index (κ1) is 31.2. The molecule has 3 aromatic rings. The quantitative estimate of drug-likeness (QED) is 0.319. The molecule has 1 aromatic carbocycles. The summed E-state index contributed by atoms with van der Waals surface area (Å²) in [6.45, 7) is 6.85. The topological polar surface area (TPSA) is 138 Å². The summed E-state index contributed by atoms with van der Waals surface area (Å²) in [4.78, 5) is 62.7. The number of imidazole rings is 1. The average Bonchev–Trinajstić information content (AvgIpc) is 3.37. The third-order valence-corrected chi connectivity index (χ3v) is 7.69. The normalized spacial score (nSPS) is 17.2. The van der Waals surface area contributed by atoms with Crippen LogP contribution in [-0.2, 0) is 24.9 Å². The van der Waals surface area contributed by atoms with Crippen molar-refractivity contribution < 1.29 is 14.3 Å². The van der Waals surface area contributed by atoms with Crippen molar-refractivity contribution in [1.82, 2.24) is 23.6 Å². The van der Waals surface area contributed by atoms with Gasteiger partial charge in [-0.2, -0.15) is 4.98 Å². The summed E-state index contributed by atoms with van der Waals surface area (Å²) in [5.74, 6) is -0.208. The van der Waals surface area contributed by atoms with Crippen LogP contribution in [0.15, 0.2) is 45.5 Å². The lowest BCUT2D eigenvalue weighted by Gasteiger charge is -2.31. The fraction of sp³-hybridized carbons (Fsp3) is 0.483. The van der Waals surface area contributed by atoms with Gasteiger partial charge in [-0.25, -0.2) is 4.79 Å². The fourth-order valence-electron chi connectivity index (χ4n) is 5.46. The Morgan fingerprint density at radius 1 is 1.07 bits per heavy atom. The van der Waals surface area contributed by atoms with Gasteiger partial charge in [0.1, 0.15) is 0 Å². The zero-order valence-corrected chi connectivity index (χ0v) is 25.1. The molecule has 0 aliphatic carbocycles. The third-order valence-electron chi connectivity index (χ3n) is 7.69. The number of hydrogen-bond donors (Lipinski definition) is 1. The Morgan fingerprint density at radius 3 is 2.43 bits per heavy atom. The van der Waals surface area contributed by atoms with E-state index >= 15 is 0 Å². The minimum Gasteiger partial charge on any atom is -0.378 e. The Labute approximate surface area is 249 Å². The summed E-state index contributed by atoms with van der Waals surface area (Å²) in [5, 5.41) is 0. The second-order valence-corrected chi connectivity index (χ2v) is 10.9. The van der Waals surface area contributed by atoms with Crippen molar-refractivity contribution in [2.45, 2.75) is 45.8 Å². The number of fused-ring (bicyclic) bond motifs is 1. The lowest BCUT2D eigenvalue weighted by Crippen LogP contribution is -2.44. The largest absolute Gasteiger partial charge is 0.378 e.